The quantitative estimate of drug-likeness (QED) is 0.310. The summed E-state index contributed by atoms with van der Waals surface area (Å²) in [5.41, 5.74) is 1.21. The highest BCUT2D eigenvalue weighted by Crippen LogP contribution is 2.34. The van der Waals surface area contributed by atoms with E-state index in [1.54, 1.807) is 24.3 Å². The zero-order chi connectivity index (χ0) is 18.8. The molecule has 0 fully saturated rings. The zero-order valence-electron chi connectivity index (χ0n) is 14.7. The van der Waals surface area contributed by atoms with Crippen LogP contribution in [-0.2, 0) is 6.54 Å². The van der Waals surface area contributed by atoms with Crippen molar-refractivity contribution in [2.24, 2.45) is 0 Å². The molecule has 3 aromatic carbocycles. The molecule has 1 aromatic heterocycles. The number of benzene rings is 3. The van der Waals surface area contributed by atoms with Crippen molar-refractivity contribution in [3.05, 3.63) is 77.1 Å². The van der Waals surface area contributed by atoms with E-state index in [9.17, 15) is 4.79 Å². The van der Waals surface area contributed by atoms with Gasteiger partial charge >= 0.3 is 5.97 Å². The molecule has 0 unspecified atom stereocenters. The molecule has 0 amide bonds. The van der Waals surface area contributed by atoms with Gasteiger partial charge in [-0.3, -0.25) is 5.10 Å². The molecule has 1 heterocycles. The van der Waals surface area contributed by atoms with Crippen LogP contribution in [0.4, 0.5) is 0 Å². The third kappa shape index (κ3) is 3.27. The lowest BCUT2D eigenvalue weighted by Crippen LogP contribution is -2.10. The summed E-state index contributed by atoms with van der Waals surface area (Å²) in [5.74, 6) is 0.680. The fourth-order valence-corrected chi connectivity index (χ4v) is 3.29. The number of carbonyl (C=O) groups excluding carboxylic acids is 1. The second-order valence-electron chi connectivity index (χ2n) is 6.05. The van der Waals surface area contributed by atoms with Crippen molar-refractivity contribution in [3.8, 4) is 17.1 Å². The molecule has 134 valence electrons. The monoisotopic (exact) mass is 375 g/mol. The van der Waals surface area contributed by atoms with Gasteiger partial charge in [0.2, 0.25) is 0 Å². The summed E-state index contributed by atoms with van der Waals surface area (Å²) in [6.07, 6.45) is 0. The van der Waals surface area contributed by atoms with Gasteiger partial charge in [0.25, 0.3) is 0 Å². The molecule has 0 spiro atoms. The lowest BCUT2D eigenvalue weighted by molar-refractivity contribution is 0.0735. The highest BCUT2D eigenvalue weighted by atomic mass is 32.1. The Morgan fingerprint density at radius 1 is 1.07 bits per heavy atom. The number of rotatable bonds is 4. The van der Waals surface area contributed by atoms with Gasteiger partial charge in [-0.25, -0.2) is 4.79 Å². The Kier molecular flexibility index (Phi) is 4.56. The van der Waals surface area contributed by atoms with Crippen LogP contribution in [0, 0.1) is 4.77 Å². The van der Waals surface area contributed by atoms with Gasteiger partial charge in [0.05, 0.1) is 11.1 Å². The van der Waals surface area contributed by atoms with E-state index in [0.717, 1.165) is 10.8 Å². The average molecular weight is 375 g/mol. The van der Waals surface area contributed by atoms with Crippen molar-refractivity contribution in [1.29, 1.82) is 0 Å². The van der Waals surface area contributed by atoms with Crippen LogP contribution in [0.25, 0.3) is 22.2 Å². The first-order valence-electron chi connectivity index (χ1n) is 8.63. The minimum Gasteiger partial charge on any atom is -0.422 e. The first-order valence-corrected chi connectivity index (χ1v) is 9.04. The van der Waals surface area contributed by atoms with Crippen LogP contribution in [0.3, 0.4) is 0 Å². The van der Waals surface area contributed by atoms with Crippen LogP contribution in [0.1, 0.15) is 17.3 Å². The van der Waals surface area contributed by atoms with Crippen molar-refractivity contribution < 1.29 is 9.53 Å². The number of hydrogen-bond donors (Lipinski definition) is 1. The summed E-state index contributed by atoms with van der Waals surface area (Å²) in [6, 6.07) is 20.7. The molecular weight excluding hydrogens is 358 g/mol. The molecule has 0 aliphatic carbocycles. The number of carbonyl (C=O) groups is 1. The van der Waals surface area contributed by atoms with E-state index in [1.165, 1.54) is 0 Å². The number of ether oxygens (including phenoxy) is 1. The van der Waals surface area contributed by atoms with E-state index in [0.29, 0.717) is 34.0 Å². The molecule has 0 atom stereocenters. The summed E-state index contributed by atoms with van der Waals surface area (Å²) in [5, 5.41) is 9.19. The van der Waals surface area contributed by atoms with Gasteiger partial charge in [-0.15, -0.1) is 0 Å². The second kappa shape index (κ2) is 7.17. The van der Waals surface area contributed by atoms with Crippen molar-refractivity contribution >= 4 is 29.0 Å². The van der Waals surface area contributed by atoms with E-state index in [4.69, 9.17) is 17.0 Å². The number of fused-ring (bicyclic) bond motifs is 1. The second-order valence-corrected chi connectivity index (χ2v) is 6.43. The molecule has 27 heavy (non-hydrogen) atoms. The number of nitrogens with one attached hydrogen (secondary N) is 1. The molecule has 4 rings (SSSR count). The lowest BCUT2D eigenvalue weighted by atomic mass is 10.1. The van der Waals surface area contributed by atoms with Crippen LogP contribution in [0.2, 0.25) is 0 Å². The van der Waals surface area contributed by atoms with Gasteiger partial charge in [-0.1, -0.05) is 42.5 Å². The molecule has 0 aliphatic rings. The number of nitrogens with zero attached hydrogens (tertiary/aromatic N) is 2. The predicted molar refractivity (Wildman–Crippen MR) is 107 cm³/mol. The molecule has 0 saturated heterocycles. The Balaban J connectivity index is 1.87. The molecule has 6 heteroatoms. The Labute approximate surface area is 161 Å². The standard InChI is InChI=1S/C21H17N3O2S/c1-2-24-19(22-23-21(24)27)17-12-15-10-6-7-11-16(15)13-18(17)26-20(25)14-8-4-3-5-9-14/h3-13H,2H2,1H3,(H,23,27). The van der Waals surface area contributed by atoms with E-state index >= 15 is 0 Å². The number of hydrogen-bond acceptors (Lipinski definition) is 4. The highest BCUT2D eigenvalue weighted by molar-refractivity contribution is 7.71. The van der Waals surface area contributed by atoms with Crippen molar-refractivity contribution in [1.82, 2.24) is 14.8 Å². The SMILES string of the molecule is CCn1c(-c2cc3ccccc3cc2OC(=O)c2ccccc2)n[nH]c1=S. The van der Waals surface area contributed by atoms with Gasteiger partial charge in [0.1, 0.15) is 5.75 Å². The van der Waals surface area contributed by atoms with Crippen molar-refractivity contribution in [3.63, 3.8) is 0 Å². The van der Waals surface area contributed by atoms with Crippen molar-refractivity contribution in [2.45, 2.75) is 13.5 Å². The topological polar surface area (TPSA) is 59.9 Å². The van der Waals surface area contributed by atoms with E-state index < -0.39 is 5.97 Å². The Morgan fingerprint density at radius 3 is 2.44 bits per heavy atom. The Bertz CT molecular complexity index is 1180. The maximum absolute atomic E-state index is 12.6. The summed E-state index contributed by atoms with van der Waals surface area (Å²) < 4.78 is 8.17. The van der Waals surface area contributed by atoms with Crippen LogP contribution in [-0.4, -0.2) is 20.7 Å². The number of aromatic amines is 1. The van der Waals surface area contributed by atoms with Crippen LogP contribution in [0.15, 0.2) is 66.7 Å². The normalized spacial score (nSPS) is 10.9. The maximum Gasteiger partial charge on any atom is 0.343 e. The summed E-state index contributed by atoms with van der Waals surface area (Å²) in [7, 11) is 0. The largest absolute Gasteiger partial charge is 0.422 e. The molecule has 0 bridgehead atoms. The van der Waals surface area contributed by atoms with Crippen molar-refractivity contribution in [2.75, 3.05) is 0 Å². The average Bonchev–Trinajstić information content (AvgIpc) is 3.08. The smallest absolute Gasteiger partial charge is 0.343 e. The third-order valence-electron chi connectivity index (χ3n) is 4.38. The molecule has 4 aromatic rings. The minimum atomic E-state index is -0.413. The molecule has 0 saturated carbocycles. The summed E-state index contributed by atoms with van der Waals surface area (Å²) in [6.45, 7) is 2.65. The third-order valence-corrected chi connectivity index (χ3v) is 4.69. The summed E-state index contributed by atoms with van der Waals surface area (Å²) >= 11 is 5.31. The molecule has 0 aliphatic heterocycles. The van der Waals surface area contributed by atoms with Crippen LogP contribution < -0.4 is 4.74 Å². The fourth-order valence-electron chi connectivity index (χ4n) is 3.03. The van der Waals surface area contributed by atoms with E-state index in [2.05, 4.69) is 10.2 Å². The summed E-state index contributed by atoms with van der Waals surface area (Å²) in [4.78, 5) is 12.6. The van der Waals surface area contributed by atoms with E-state index in [-0.39, 0.29) is 0 Å². The number of aromatic nitrogens is 3. The first-order chi connectivity index (χ1) is 13.2. The molecule has 1 N–H and O–H groups in total. The zero-order valence-corrected chi connectivity index (χ0v) is 15.5. The first kappa shape index (κ1) is 17.2. The Hall–Kier alpha value is -3.25. The maximum atomic E-state index is 12.6. The lowest BCUT2D eigenvalue weighted by Gasteiger charge is -2.12. The molecule has 0 radical (unpaired) electrons. The molecular formula is C21H17N3O2S. The van der Waals surface area contributed by atoms with Gasteiger partial charge < -0.3 is 9.30 Å². The van der Waals surface area contributed by atoms with E-state index in [1.807, 2.05) is 54.0 Å². The van der Waals surface area contributed by atoms with Gasteiger partial charge in [0.15, 0.2) is 10.6 Å². The minimum absolute atomic E-state index is 0.413. The van der Waals surface area contributed by atoms with Gasteiger partial charge in [0, 0.05) is 6.54 Å². The fraction of sp³-hybridized carbons (Fsp3) is 0.0952. The highest BCUT2D eigenvalue weighted by Gasteiger charge is 2.18. The van der Waals surface area contributed by atoms with Gasteiger partial charge in [-0.2, -0.15) is 5.10 Å². The predicted octanol–water partition coefficient (Wildman–Crippen LogP) is 5.00. The Morgan fingerprint density at radius 2 is 1.74 bits per heavy atom. The number of esters is 1. The number of H-pyrrole nitrogens is 1. The van der Waals surface area contributed by atoms with Gasteiger partial charge in [-0.05, 0) is 54.2 Å². The molecule has 5 nitrogen and oxygen atoms in total. The van der Waals surface area contributed by atoms with Crippen LogP contribution in [0.5, 0.6) is 5.75 Å². The van der Waals surface area contributed by atoms with Crippen LogP contribution >= 0.6 is 12.2 Å².